The first-order chi connectivity index (χ1) is 11.9. The van der Waals surface area contributed by atoms with Gasteiger partial charge in [0.15, 0.2) is 5.82 Å². The maximum atomic E-state index is 6.25. The number of aryl methyl sites for hydroxylation is 1. The standard InChI is InChI=1S/C18H25ClN4O/c19-13-7-6-12-18-20-21-22-23(18)16-10-4-5-11-17(16)24-14-15-8-2-1-3-9-15/h1-3,8-9,16-17H,4-7,10-14H2/t16-,17-/m1/s1. The minimum absolute atomic E-state index is 0.175. The van der Waals surface area contributed by atoms with Gasteiger partial charge in [-0.2, -0.15) is 0 Å². The quantitative estimate of drug-likeness (QED) is 0.535. The van der Waals surface area contributed by atoms with Gasteiger partial charge < -0.3 is 4.74 Å². The Hall–Kier alpha value is -1.46. The van der Waals surface area contributed by atoms with E-state index in [2.05, 4.69) is 27.7 Å². The summed E-state index contributed by atoms with van der Waals surface area (Å²) < 4.78 is 8.25. The van der Waals surface area contributed by atoms with Gasteiger partial charge in [-0.1, -0.05) is 43.2 Å². The van der Waals surface area contributed by atoms with E-state index in [1.54, 1.807) is 0 Å². The van der Waals surface area contributed by atoms with E-state index in [1.807, 2.05) is 22.9 Å². The zero-order valence-electron chi connectivity index (χ0n) is 14.0. The summed E-state index contributed by atoms with van der Waals surface area (Å²) in [5.74, 6) is 1.65. The molecule has 1 heterocycles. The van der Waals surface area contributed by atoms with Crippen molar-refractivity contribution in [2.75, 3.05) is 5.88 Å². The largest absolute Gasteiger partial charge is 0.371 e. The molecule has 1 aliphatic rings. The van der Waals surface area contributed by atoms with E-state index < -0.39 is 0 Å². The second-order valence-corrected chi connectivity index (χ2v) is 6.75. The van der Waals surface area contributed by atoms with Gasteiger partial charge in [-0.15, -0.1) is 16.7 Å². The zero-order valence-corrected chi connectivity index (χ0v) is 14.7. The maximum Gasteiger partial charge on any atom is 0.151 e. The number of nitrogens with zero attached hydrogens (tertiary/aromatic N) is 4. The van der Waals surface area contributed by atoms with Crippen molar-refractivity contribution in [1.29, 1.82) is 0 Å². The lowest BCUT2D eigenvalue weighted by atomic mass is 9.92. The van der Waals surface area contributed by atoms with E-state index in [0.717, 1.165) is 37.9 Å². The van der Waals surface area contributed by atoms with Crippen molar-refractivity contribution >= 4 is 11.6 Å². The summed E-state index contributed by atoms with van der Waals surface area (Å²) in [5.41, 5.74) is 1.21. The molecule has 0 amide bonds. The molecule has 0 bridgehead atoms. The molecule has 1 aromatic heterocycles. The first-order valence-electron chi connectivity index (χ1n) is 8.86. The zero-order chi connectivity index (χ0) is 16.6. The van der Waals surface area contributed by atoms with Crippen molar-refractivity contribution < 1.29 is 4.74 Å². The SMILES string of the molecule is ClCCCCc1nnnn1[C@@H]1CCCC[C@H]1OCc1ccccc1. The molecule has 0 saturated heterocycles. The van der Waals surface area contributed by atoms with Crippen molar-refractivity contribution in [2.24, 2.45) is 0 Å². The second-order valence-electron chi connectivity index (χ2n) is 6.37. The Bertz CT molecular complexity index is 604. The summed E-state index contributed by atoms with van der Waals surface area (Å²) in [5, 5.41) is 12.4. The average Bonchev–Trinajstić information content (AvgIpc) is 3.10. The smallest absolute Gasteiger partial charge is 0.151 e. The summed E-state index contributed by atoms with van der Waals surface area (Å²) in [6.45, 7) is 0.645. The third-order valence-electron chi connectivity index (χ3n) is 4.63. The molecule has 5 nitrogen and oxygen atoms in total. The number of benzene rings is 1. The van der Waals surface area contributed by atoms with E-state index in [-0.39, 0.29) is 12.1 Å². The van der Waals surface area contributed by atoms with Gasteiger partial charge in [0.1, 0.15) is 0 Å². The van der Waals surface area contributed by atoms with E-state index in [0.29, 0.717) is 12.5 Å². The van der Waals surface area contributed by atoms with Crippen molar-refractivity contribution in [3.05, 3.63) is 41.7 Å². The van der Waals surface area contributed by atoms with Crippen molar-refractivity contribution in [3.8, 4) is 0 Å². The number of rotatable bonds is 8. The van der Waals surface area contributed by atoms with Crippen molar-refractivity contribution in [2.45, 2.75) is 63.7 Å². The molecule has 2 aromatic rings. The monoisotopic (exact) mass is 348 g/mol. The minimum Gasteiger partial charge on any atom is -0.371 e. The number of ether oxygens (including phenoxy) is 1. The van der Waals surface area contributed by atoms with Crippen LogP contribution in [0, 0.1) is 0 Å². The van der Waals surface area contributed by atoms with Gasteiger partial charge in [-0.05, 0) is 41.7 Å². The summed E-state index contributed by atoms with van der Waals surface area (Å²) in [4.78, 5) is 0. The Labute approximate surface area is 148 Å². The number of tetrazole rings is 1. The number of hydrogen-bond donors (Lipinski definition) is 0. The lowest BCUT2D eigenvalue weighted by Crippen LogP contribution is -2.32. The van der Waals surface area contributed by atoms with Crippen LogP contribution in [-0.2, 0) is 17.8 Å². The lowest BCUT2D eigenvalue weighted by Gasteiger charge is -2.31. The number of aromatic nitrogens is 4. The highest BCUT2D eigenvalue weighted by Gasteiger charge is 2.30. The molecule has 2 atom stereocenters. The van der Waals surface area contributed by atoms with Crippen LogP contribution in [0.15, 0.2) is 30.3 Å². The van der Waals surface area contributed by atoms with Gasteiger partial charge in [0.2, 0.25) is 0 Å². The molecule has 0 N–H and O–H groups in total. The van der Waals surface area contributed by atoms with Gasteiger partial charge in [0.25, 0.3) is 0 Å². The summed E-state index contributed by atoms with van der Waals surface area (Å²) in [7, 11) is 0. The van der Waals surface area contributed by atoms with Gasteiger partial charge in [-0.3, -0.25) is 0 Å². The third-order valence-corrected chi connectivity index (χ3v) is 4.90. The van der Waals surface area contributed by atoms with E-state index in [4.69, 9.17) is 16.3 Å². The fourth-order valence-corrected chi connectivity index (χ4v) is 3.53. The minimum atomic E-state index is 0.175. The van der Waals surface area contributed by atoms with Crippen molar-refractivity contribution in [1.82, 2.24) is 20.2 Å². The Balaban J connectivity index is 1.65. The number of alkyl halides is 1. The van der Waals surface area contributed by atoms with Crippen molar-refractivity contribution in [3.63, 3.8) is 0 Å². The highest BCUT2D eigenvalue weighted by molar-refractivity contribution is 6.17. The molecule has 0 radical (unpaired) electrons. The van der Waals surface area contributed by atoms with Crippen LogP contribution in [0.4, 0.5) is 0 Å². The predicted octanol–water partition coefficient (Wildman–Crippen LogP) is 3.94. The molecule has 1 saturated carbocycles. The topological polar surface area (TPSA) is 52.8 Å². The Kier molecular flexibility index (Phi) is 6.61. The number of halogens is 1. The maximum absolute atomic E-state index is 6.25. The Morgan fingerprint density at radius 1 is 1.12 bits per heavy atom. The second kappa shape index (κ2) is 9.14. The average molecular weight is 349 g/mol. The fraction of sp³-hybridized carbons (Fsp3) is 0.611. The normalized spacial score (nSPS) is 21.0. The van der Waals surface area contributed by atoms with Crippen LogP contribution < -0.4 is 0 Å². The molecule has 0 aliphatic heterocycles. The summed E-state index contributed by atoms with van der Waals surface area (Å²) in [6, 6.07) is 10.6. The first-order valence-corrected chi connectivity index (χ1v) is 9.40. The summed E-state index contributed by atoms with van der Waals surface area (Å²) in [6.07, 6.45) is 7.62. The van der Waals surface area contributed by atoms with Crippen LogP contribution in [0.1, 0.15) is 56.0 Å². The van der Waals surface area contributed by atoms with Gasteiger partial charge >= 0.3 is 0 Å². The first kappa shape index (κ1) is 17.4. The van der Waals surface area contributed by atoms with Crippen LogP contribution >= 0.6 is 11.6 Å². The molecule has 0 unspecified atom stereocenters. The Morgan fingerprint density at radius 2 is 1.96 bits per heavy atom. The number of hydrogen-bond acceptors (Lipinski definition) is 4. The summed E-state index contributed by atoms with van der Waals surface area (Å²) >= 11 is 5.77. The van der Waals surface area contributed by atoms with Crippen LogP contribution in [-0.4, -0.2) is 32.2 Å². The lowest BCUT2D eigenvalue weighted by molar-refractivity contribution is -0.0208. The molecule has 0 spiro atoms. The third kappa shape index (κ3) is 4.54. The molecule has 1 aromatic carbocycles. The van der Waals surface area contributed by atoms with Crippen LogP contribution in [0.5, 0.6) is 0 Å². The van der Waals surface area contributed by atoms with E-state index in [1.165, 1.54) is 18.4 Å². The highest BCUT2D eigenvalue weighted by Crippen LogP contribution is 2.31. The highest BCUT2D eigenvalue weighted by atomic mass is 35.5. The fourth-order valence-electron chi connectivity index (χ4n) is 3.34. The molecule has 24 heavy (non-hydrogen) atoms. The molecule has 6 heteroatoms. The van der Waals surface area contributed by atoms with Crippen LogP contribution in [0.3, 0.4) is 0 Å². The van der Waals surface area contributed by atoms with Gasteiger partial charge in [0, 0.05) is 12.3 Å². The van der Waals surface area contributed by atoms with Gasteiger partial charge in [0.05, 0.1) is 18.8 Å². The molecular weight excluding hydrogens is 324 g/mol. The molecule has 3 rings (SSSR count). The molecule has 1 aliphatic carbocycles. The predicted molar refractivity (Wildman–Crippen MR) is 94.0 cm³/mol. The molecular formula is C18H25ClN4O. The van der Waals surface area contributed by atoms with Crippen LogP contribution in [0.2, 0.25) is 0 Å². The number of unbranched alkanes of at least 4 members (excludes halogenated alkanes) is 1. The van der Waals surface area contributed by atoms with E-state index in [9.17, 15) is 0 Å². The van der Waals surface area contributed by atoms with E-state index >= 15 is 0 Å². The van der Waals surface area contributed by atoms with Crippen LogP contribution in [0.25, 0.3) is 0 Å². The molecule has 130 valence electrons. The molecule has 1 fully saturated rings. The Morgan fingerprint density at radius 3 is 2.79 bits per heavy atom. The van der Waals surface area contributed by atoms with Gasteiger partial charge in [-0.25, -0.2) is 4.68 Å².